The number of thiazole rings is 1. The maximum Gasteiger partial charge on any atom is 0.252 e. The third-order valence-corrected chi connectivity index (χ3v) is 7.02. The van der Waals surface area contributed by atoms with Crippen molar-refractivity contribution in [2.24, 2.45) is 4.99 Å². The van der Waals surface area contributed by atoms with E-state index in [-0.39, 0.29) is 17.2 Å². The van der Waals surface area contributed by atoms with Crippen LogP contribution in [0.25, 0.3) is 10.2 Å². The van der Waals surface area contributed by atoms with E-state index < -0.39 is 9.84 Å². The molecule has 3 aromatic rings. The first kappa shape index (κ1) is 20.6. The highest BCUT2D eigenvalue weighted by Crippen LogP contribution is 2.24. The van der Waals surface area contributed by atoms with Gasteiger partial charge in [-0.1, -0.05) is 29.5 Å². The molecule has 0 aliphatic carbocycles. The summed E-state index contributed by atoms with van der Waals surface area (Å²) < 4.78 is 26.1. The van der Waals surface area contributed by atoms with Gasteiger partial charge in [-0.05, 0) is 42.2 Å². The van der Waals surface area contributed by atoms with Gasteiger partial charge in [0.15, 0.2) is 14.6 Å². The van der Waals surface area contributed by atoms with Gasteiger partial charge in [-0.15, -0.1) is 18.3 Å². The lowest BCUT2D eigenvalue weighted by molar-refractivity contribution is -0.117. The lowest BCUT2D eigenvalue weighted by atomic mass is 10.1. The van der Waals surface area contributed by atoms with Crippen molar-refractivity contribution in [1.82, 2.24) is 4.57 Å². The number of allylic oxidation sites excluding steroid dienone is 1. The number of carbonyl (C=O) groups excluding carboxylic acids is 1. The minimum Gasteiger partial charge on any atom is -0.313 e. The van der Waals surface area contributed by atoms with Crippen LogP contribution in [0.5, 0.6) is 0 Å². The van der Waals surface area contributed by atoms with Crippen molar-refractivity contribution in [3.05, 3.63) is 65.5 Å². The van der Waals surface area contributed by atoms with Gasteiger partial charge >= 0.3 is 0 Å². The molecule has 8 heteroatoms. The van der Waals surface area contributed by atoms with Crippen LogP contribution < -0.4 is 4.80 Å². The summed E-state index contributed by atoms with van der Waals surface area (Å²) in [4.78, 5) is 18.8. The average Bonchev–Trinajstić information content (AvgIpc) is 2.98. The van der Waals surface area contributed by atoms with E-state index in [1.807, 2.05) is 23.0 Å². The van der Waals surface area contributed by atoms with E-state index in [4.69, 9.17) is 0 Å². The number of thioether (sulfide) groups is 1. The summed E-state index contributed by atoms with van der Waals surface area (Å²) in [6, 6.07) is 12.5. The number of hydrogen-bond donors (Lipinski definition) is 0. The lowest BCUT2D eigenvalue weighted by Crippen LogP contribution is -2.16. The van der Waals surface area contributed by atoms with Crippen LogP contribution in [0.4, 0.5) is 0 Å². The molecule has 0 atom stereocenters. The maximum absolute atomic E-state index is 12.5. The van der Waals surface area contributed by atoms with Crippen LogP contribution in [0.3, 0.4) is 0 Å². The van der Waals surface area contributed by atoms with Crippen molar-refractivity contribution >= 4 is 49.1 Å². The van der Waals surface area contributed by atoms with Gasteiger partial charge in [0, 0.05) is 17.7 Å². The number of hydrogen-bond acceptors (Lipinski definition) is 5. The molecule has 0 aliphatic heterocycles. The van der Waals surface area contributed by atoms with Crippen molar-refractivity contribution in [3.8, 4) is 0 Å². The number of sulfone groups is 1. The first-order chi connectivity index (χ1) is 13.3. The Hall–Kier alpha value is -2.16. The van der Waals surface area contributed by atoms with Gasteiger partial charge in [-0.3, -0.25) is 4.79 Å². The van der Waals surface area contributed by atoms with E-state index in [0.29, 0.717) is 11.3 Å². The van der Waals surface area contributed by atoms with Crippen LogP contribution in [0, 0.1) is 0 Å². The minimum atomic E-state index is -3.25. The van der Waals surface area contributed by atoms with E-state index in [1.54, 1.807) is 30.0 Å². The van der Waals surface area contributed by atoms with Crippen LogP contribution in [0.2, 0.25) is 0 Å². The summed E-state index contributed by atoms with van der Waals surface area (Å²) in [6.07, 6.45) is 5.08. The zero-order valence-electron chi connectivity index (χ0n) is 15.6. The molecular weight excluding hydrogens is 412 g/mol. The first-order valence-corrected chi connectivity index (χ1v) is 12.4. The SMILES string of the molecule is C=CCn1c(=NC(=O)Cc2ccc(S(C)(=O)=O)cc2)sc2cc(SC)ccc21. The van der Waals surface area contributed by atoms with Crippen molar-refractivity contribution in [1.29, 1.82) is 0 Å². The molecule has 146 valence electrons. The van der Waals surface area contributed by atoms with Crippen LogP contribution >= 0.6 is 23.1 Å². The Morgan fingerprint density at radius 2 is 1.96 bits per heavy atom. The molecule has 1 heterocycles. The maximum atomic E-state index is 12.5. The molecule has 2 aromatic carbocycles. The van der Waals surface area contributed by atoms with E-state index >= 15 is 0 Å². The van der Waals surface area contributed by atoms with Gasteiger partial charge in [0.2, 0.25) is 0 Å². The van der Waals surface area contributed by atoms with E-state index in [1.165, 1.54) is 23.5 Å². The summed E-state index contributed by atoms with van der Waals surface area (Å²) in [5.41, 5.74) is 1.74. The number of amides is 1. The highest BCUT2D eigenvalue weighted by Gasteiger charge is 2.10. The molecule has 0 aliphatic rings. The predicted octanol–water partition coefficient (Wildman–Crippen LogP) is 3.68. The van der Waals surface area contributed by atoms with Gasteiger partial charge in [-0.2, -0.15) is 4.99 Å². The van der Waals surface area contributed by atoms with Crippen molar-refractivity contribution in [2.45, 2.75) is 22.8 Å². The van der Waals surface area contributed by atoms with Gasteiger partial charge in [0.25, 0.3) is 5.91 Å². The van der Waals surface area contributed by atoms with Crippen LogP contribution in [-0.4, -0.2) is 31.4 Å². The van der Waals surface area contributed by atoms with E-state index in [2.05, 4.69) is 17.6 Å². The fraction of sp³-hybridized carbons (Fsp3) is 0.200. The van der Waals surface area contributed by atoms with Crippen molar-refractivity contribution in [3.63, 3.8) is 0 Å². The molecule has 0 saturated carbocycles. The third-order valence-electron chi connectivity index (χ3n) is 4.13. The molecule has 0 unspecified atom stereocenters. The second-order valence-corrected chi connectivity index (χ2v) is 10.1. The molecule has 0 fully saturated rings. The molecule has 0 spiro atoms. The zero-order valence-corrected chi connectivity index (χ0v) is 18.0. The van der Waals surface area contributed by atoms with Crippen LogP contribution in [0.15, 0.2) is 69.9 Å². The van der Waals surface area contributed by atoms with Crippen LogP contribution in [-0.2, 0) is 27.6 Å². The van der Waals surface area contributed by atoms with Gasteiger partial charge < -0.3 is 4.57 Å². The summed E-state index contributed by atoms with van der Waals surface area (Å²) in [7, 11) is -3.25. The Morgan fingerprint density at radius 3 is 2.57 bits per heavy atom. The van der Waals surface area contributed by atoms with Gasteiger partial charge in [0.05, 0.1) is 21.5 Å². The normalized spacial score (nSPS) is 12.4. The second kappa shape index (κ2) is 8.46. The van der Waals surface area contributed by atoms with Crippen LogP contribution in [0.1, 0.15) is 5.56 Å². The summed E-state index contributed by atoms with van der Waals surface area (Å²) in [6.45, 7) is 4.36. The molecule has 0 saturated heterocycles. The second-order valence-electron chi connectivity index (χ2n) is 6.22. The van der Waals surface area contributed by atoms with Gasteiger partial charge in [0.1, 0.15) is 0 Å². The first-order valence-electron chi connectivity index (χ1n) is 8.46. The predicted molar refractivity (Wildman–Crippen MR) is 116 cm³/mol. The summed E-state index contributed by atoms with van der Waals surface area (Å²) in [5.74, 6) is -0.276. The fourth-order valence-corrected chi connectivity index (χ4v) is 4.99. The summed E-state index contributed by atoms with van der Waals surface area (Å²) in [5, 5.41) is 0. The quantitative estimate of drug-likeness (QED) is 0.440. The third kappa shape index (κ3) is 4.63. The Labute approximate surface area is 172 Å². The smallest absolute Gasteiger partial charge is 0.252 e. The number of aromatic nitrogens is 1. The molecule has 1 aromatic heterocycles. The highest BCUT2D eigenvalue weighted by molar-refractivity contribution is 7.98. The topological polar surface area (TPSA) is 68.5 Å². The number of fused-ring (bicyclic) bond motifs is 1. The number of rotatable bonds is 6. The Bertz CT molecular complexity index is 1200. The molecule has 1 amide bonds. The Morgan fingerprint density at radius 1 is 1.25 bits per heavy atom. The monoisotopic (exact) mass is 432 g/mol. The zero-order chi connectivity index (χ0) is 20.3. The lowest BCUT2D eigenvalue weighted by Gasteiger charge is -2.02. The van der Waals surface area contributed by atoms with E-state index in [0.717, 1.165) is 26.9 Å². The largest absolute Gasteiger partial charge is 0.313 e. The molecule has 28 heavy (non-hydrogen) atoms. The molecule has 0 N–H and O–H groups in total. The Kier molecular flexibility index (Phi) is 6.22. The highest BCUT2D eigenvalue weighted by atomic mass is 32.2. The molecule has 3 rings (SSSR count). The Balaban J connectivity index is 1.93. The number of carbonyl (C=O) groups is 1. The average molecular weight is 433 g/mol. The minimum absolute atomic E-state index is 0.114. The number of nitrogens with zero attached hydrogens (tertiary/aromatic N) is 2. The summed E-state index contributed by atoms with van der Waals surface area (Å²) >= 11 is 3.14. The van der Waals surface area contributed by atoms with Gasteiger partial charge in [-0.25, -0.2) is 8.42 Å². The van der Waals surface area contributed by atoms with Crippen molar-refractivity contribution < 1.29 is 13.2 Å². The standard InChI is InChI=1S/C20H20N2O3S3/c1-4-11-22-17-10-7-15(26-2)13-18(17)27-20(22)21-19(23)12-14-5-8-16(9-6-14)28(3,24)25/h4-10,13H,1,11-12H2,2-3H3. The molecule has 5 nitrogen and oxygen atoms in total. The van der Waals surface area contributed by atoms with Crippen molar-refractivity contribution in [2.75, 3.05) is 12.5 Å². The van der Waals surface area contributed by atoms with E-state index in [9.17, 15) is 13.2 Å². The fourth-order valence-electron chi connectivity index (χ4n) is 2.75. The molecule has 0 bridgehead atoms. The molecule has 0 radical (unpaired) electrons. The molecular formula is C20H20N2O3S3. The number of benzene rings is 2.